The van der Waals surface area contributed by atoms with Gasteiger partial charge in [-0.1, -0.05) is 18.2 Å². The predicted molar refractivity (Wildman–Crippen MR) is 171 cm³/mol. The first-order chi connectivity index (χ1) is 22.1. The van der Waals surface area contributed by atoms with E-state index in [1.165, 1.54) is 6.07 Å². The van der Waals surface area contributed by atoms with Gasteiger partial charge in [0.1, 0.15) is 40.5 Å². The second kappa shape index (κ2) is 12.6. The fraction of sp³-hybridized carbons (Fsp3) is 0.324. The number of piperidine rings is 1. The Bertz CT molecular complexity index is 1860. The van der Waals surface area contributed by atoms with Crippen LogP contribution in [0.15, 0.2) is 72.4 Å². The molecule has 12 heteroatoms. The van der Waals surface area contributed by atoms with Gasteiger partial charge in [0.05, 0.1) is 23.5 Å². The lowest BCUT2D eigenvalue weighted by molar-refractivity contribution is -0.128. The Labute approximate surface area is 266 Å². The van der Waals surface area contributed by atoms with Crippen molar-refractivity contribution in [2.75, 3.05) is 38.5 Å². The van der Waals surface area contributed by atoms with Crippen molar-refractivity contribution in [3.05, 3.63) is 78.3 Å². The van der Waals surface area contributed by atoms with Crippen LogP contribution in [0.2, 0.25) is 0 Å². The molecule has 2 aliphatic rings. The molecule has 2 aromatic heterocycles. The summed E-state index contributed by atoms with van der Waals surface area (Å²) in [7, 11) is 0. The number of carbonyl (C=O) groups excluding carboxylic acids is 2. The first kappa shape index (κ1) is 30.7. The van der Waals surface area contributed by atoms with Gasteiger partial charge in [-0.2, -0.15) is 10.4 Å². The number of hydrogen-bond donors (Lipinski definition) is 2. The van der Waals surface area contributed by atoms with E-state index >= 15 is 4.39 Å². The number of likely N-dealkylation sites (tertiary alicyclic amines) is 1. The lowest BCUT2D eigenvalue weighted by atomic mass is 9.96. The van der Waals surface area contributed by atoms with Crippen molar-refractivity contribution < 1.29 is 18.7 Å². The Morgan fingerprint density at radius 3 is 2.72 bits per heavy atom. The number of nitriles is 1. The number of rotatable bonds is 7. The summed E-state index contributed by atoms with van der Waals surface area (Å²) in [6.45, 7) is 5.88. The largest absolute Gasteiger partial charge is 0.457 e. The van der Waals surface area contributed by atoms with Crippen LogP contribution >= 0.6 is 0 Å². The van der Waals surface area contributed by atoms with Gasteiger partial charge in [0.2, 0.25) is 5.91 Å². The summed E-state index contributed by atoms with van der Waals surface area (Å²) in [5.74, 6) is 0.160. The van der Waals surface area contributed by atoms with Gasteiger partial charge in [-0.3, -0.25) is 19.2 Å². The van der Waals surface area contributed by atoms with Gasteiger partial charge < -0.3 is 20.7 Å². The third-order valence-electron chi connectivity index (χ3n) is 8.56. The molecule has 46 heavy (non-hydrogen) atoms. The average molecular weight is 623 g/mol. The van der Waals surface area contributed by atoms with Gasteiger partial charge in [-0.25, -0.2) is 9.37 Å². The molecule has 0 spiro atoms. The van der Waals surface area contributed by atoms with Crippen molar-refractivity contribution in [1.82, 2.24) is 29.9 Å². The maximum atomic E-state index is 15.6. The summed E-state index contributed by atoms with van der Waals surface area (Å²) in [5, 5.41) is 18.2. The Kier molecular flexibility index (Phi) is 8.42. The van der Waals surface area contributed by atoms with Crippen LogP contribution in [0.1, 0.15) is 32.7 Å². The predicted octanol–water partition coefficient (Wildman–Crippen LogP) is 4.44. The van der Waals surface area contributed by atoms with Crippen LogP contribution in [0.5, 0.6) is 11.5 Å². The summed E-state index contributed by atoms with van der Waals surface area (Å²) < 4.78 is 23.2. The van der Waals surface area contributed by atoms with Gasteiger partial charge in [0, 0.05) is 49.5 Å². The molecule has 2 fully saturated rings. The zero-order valence-electron chi connectivity index (χ0n) is 25.7. The normalized spacial score (nSPS) is 17.9. The monoisotopic (exact) mass is 622 g/mol. The first-order valence-electron chi connectivity index (χ1n) is 15.2. The molecule has 2 aliphatic heterocycles. The Balaban J connectivity index is 1.28. The third-order valence-corrected chi connectivity index (χ3v) is 8.56. The van der Waals surface area contributed by atoms with Gasteiger partial charge in [-0.05, 0) is 63.1 Å². The van der Waals surface area contributed by atoms with Crippen molar-refractivity contribution in [3.8, 4) is 28.8 Å². The zero-order valence-corrected chi connectivity index (χ0v) is 25.7. The van der Waals surface area contributed by atoms with E-state index in [0.717, 1.165) is 0 Å². The molecule has 3 N–H and O–H groups in total. The van der Waals surface area contributed by atoms with Crippen molar-refractivity contribution >= 4 is 28.5 Å². The number of nitrogens with one attached hydrogen (secondary N) is 1. The van der Waals surface area contributed by atoms with E-state index in [0.29, 0.717) is 67.1 Å². The van der Waals surface area contributed by atoms with E-state index in [-0.39, 0.29) is 41.4 Å². The molecule has 4 aromatic rings. The van der Waals surface area contributed by atoms with Gasteiger partial charge in [0.25, 0.3) is 5.91 Å². The second-order valence-corrected chi connectivity index (χ2v) is 12.1. The molecule has 0 aliphatic carbocycles. The number of pyridine rings is 1. The van der Waals surface area contributed by atoms with Gasteiger partial charge in [-0.15, -0.1) is 0 Å². The second-order valence-electron chi connectivity index (χ2n) is 12.1. The number of nitrogens with zero attached hydrogens (tertiary/aromatic N) is 6. The van der Waals surface area contributed by atoms with Crippen LogP contribution in [-0.4, -0.2) is 74.6 Å². The topological polar surface area (TPSA) is 142 Å². The van der Waals surface area contributed by atoms with Crippen LogP contribution in [0.25, 0.3) is 22.2 Å². The van der Waals surface area contributed by atoms with Gasteiger partial charge >= 0.3 is 0 Å². The SMILES string of the molecule is CC(C)(/C=C(\C#N)C(=O)N1CCC[C@@H](n2nc(-c3ccc(Oc4ccccc4)cc3F)c3c(N)nccc32)C1)N1CCNC(=O)C1. The molecule has 0 radical (unpaired) electrons. The minimum Gasteiger partial charge on any atom is -0.457 e. The molecule has 2 aromatic carbocycles. The number of halogens is 1. The van der Waals surface area contributed by atoms with E-state index in [1.807, 2.05) is 36.9 Å². The molecule has 11 nitrogen and oxygen atoms in total. The van der Waals surface area contributed by atoms with E-state index < -0.39 is 11.4 Å². The molecular weight excluding hydrogens is 587 g/mol. The molecule has 0 unspecified atom stereocenters. The van der Waals surface area contributed by atoms with Crippen molar-refractivity contribution in [3.63, 3.8) is 0 Å². The molecule has 1 atom stereocenters. The molecule has 2 amide bonds. The number of nitrogens with two attached hydrogens (primary N) is 1. The molecule has 0 bridgehead atoms. The van der Waals surface area contributed by atoms with Crippen LogP contribution in [-0.2, 0) is 9.59 Å². The summed E-state index contributed by atoms with van der Waals surface area (Å²) in [4.78, 5) is 33.5. The van der Waals surface area contributed by atoms with E-state index in [4.69, 9.17) is 15.6 Å². The smallest absolute Gasteiger partial charge is 0.264 e. The summed E-state index contributed by atoms with van der Waals surface area (Å²) in [6.07, 6.45) is 4.63. The Hall–Kier alpha value is -5.28. The number of hydrogen-bond acceptors (Lipinski definition) is 8. The number of ether oxygens (including phenoxy) is 1. The number of nitrogen functional groups attached to an aromatic ring is 1. The molecular formula is C34H35FN8O3. The minimum absolute atomic E-state index is 0.0240. The number of amides is 2. The van der Waals surface area contributed by atoms with Crippen molar-refractivity contribution in [2.45, 2.75) is 38.3 Å². The quantitative estimate of drug-likeness (QED) is 0.228. The molecule has 4 heterocycles. The Morgan fingerprint density at radius 1 is 1.17 bits per heavy atom. The summed E-state index contributed by atoms with van der Waals surface area (Å²) >= 11 is 0. The maximum Gasteiger partial charge on any atom is 0.264 e. The number of fused-ring (bicyclic) bond motifs is 1. The molecule has 0 saturated carbocycles. The highest BCUT2D eigenvalue weighted by Crippen LogP contribution is 2.37. The first-order valence-corrected chi connectivity index (χ1v) is 15.2. The average Bonchev–Trinajstić information content (AvgIpc) is 3.45. The van der Waals surface area contributed by atoms with Gasteiger partial charge in [0.15, 0.2) is 0 Å². The molecule has 2 saturated heterocycles. The number of aromatic nitrogens is 3. The van der Waals surface area contributed by atoms with Crippen LogP contribution in [0.3, 0.4) is 0 Å². The zero-order chi connectivity index (χ0) is 32.4. The number of para-hydroxylation sites is 1. The van der Waals surface area contributed by atoms with Crippen LogP contribution in [0, 0.1) is 17.1 Å². The highest BCUT2D eigenvalue weighted by atomic mass is 19.1. The lowest BCUT2D eigenvalue weighted by Crippen LogP contribution is -2.55. The molecule has 236 valence electrons. The maximum absolute atomic E-state index is 15.6. The summed E-state index contributed by atoms with van der Waals surface area (Å²) in [5.41, 5.74) is 6.94. The van der Waals surface area contributed by atoms with E-state index in [9.17, 15) is 14.9 Å². The van der Waals surface area contributed by atoms with Crippen LogP contribution < -0.4 is 15.8 Å². The molecule has 6 rings (SSSR count). The fourth-order valence-corrected chi connectivity index (χ4v) is 6.18. The van der Waals surface area contributed by atoms with Crippen LogP contribution in [0.4, 0.5) is 10.2 Å². The highest BCUT2D eigenvalue weighted by Gasteiger charge is 2.33. The van der Waals surface area contributed by atoms with E-state index in [1.54, 1.807) is 52.2 Å². The third kappa shape index (κ3) is 6.14. The standard InChI is InChI=1S/C34H35FN8O3/c1-34(2,42-16-14-38-29(44)21-42)18-22(19-36)33(45)41-15-6-7-23(20-41)43-28-12-13-39-32(37)30(28)31(40-43)26-11-10-25(17-27(26)35)46-24-8-4-3-5-9-24/h3-5,8-13,17-18,23H,6-7,14-16,20-21H2,1-2H3,(H2,37,39)(H,38,44)/b22-18+/t23-/m1/s1. The number of benzene rings is 2. The summed E-state index contributed by atoms with van der Waals surface area (Å²) in [6, 6.07) is 17.3. The lowest BCUT2D eigenvalue weighted by Gasteiger charge is -2.39. The number of anilines is 1. The van der Waals surface area contributed by atoms with Crippen molar-refractivity contribution in [1.29, 1.82) is 5.26 Å². The minimum atomic E-state index is -0.683. The van der Waals surface area contributed by atoms with E-state index in [2.05, 4.69) is 16.4 Å². The fourth-order valence-electron chi connectivity index (χ4n) is 6.18. The number of piperazine rings is 1. The highest BCUT2D eigenvalue weighted by molar-refractivity contribution is 6.00. The Morgan fingerprint density at radius 2 is 1.98 bits per heavy atom. The van der Waals surface area contributed by atoms with Crippen molar-refractivity contribution in [2.24, 2.45) is 0 Å². The number of carbonyl (C=O) groups is 2.